The van der Waals surface area contributed by atoms with Crippen molar-refractivity contribution in [3.05, 3.63) is 12.5 Å². The number of aromatic nitrogens is 4. The molecule has 176 valence electrons. The minimum Gasteiger partial charge on any atom is -0.480 e. The molecule has 5 N–H and O–H groups in total. The molecule has 0 saturated heterocycles. The molecule has 0 saturated carbocycles. The van der Waals surface area contributed by atoms with Gasteiger partial charge in [-0.1, -0.05) is 19.8 Å². The zero-order chi connectivity index (χ0) is 23.7. The molecule has 2 aromatic rings. The van der Waals surface area contributed by atoms with E-state index in [0.717, 1.165) is 17.7 Å². The Morgan fingerprint density at radius 2 is 2.09 bits per heavy atom. The van der Waals surface area contributed by atoms with Crippen LogP contribution in [0.4, 0.5) is 10.7 Å². The number of aliphatic carboxylic acids is 1. The molecule has 0 aromatic carbocycles. The van der Waals surface area contributed by atoms with Crippen molar-refractivity contribution in [2.45, 2.75) is 45.1 Å². The van der Waals surface area contributed by atoms with Crippen molar-refractivity contribution in [2.75, 3.05) is 37.2 Å². The second-order valence-electron chi connectivity index (χ2n) is 7.33. The molecule has 0 unspecified atom stereocenters. The number of ether oxygens (including phenoxy) is 1. The summed E-state index contributed by atoms with van der Waals surface area (Å²) < 4.78 is 6.98. The number of fused-ring (bicyclic) bond motifs is 1. The fraction of sp³-hybridized carbons (Fsp3) is 0.579. The predicted octanol–water partition coefficient (Wildman–Crippen LogP) is 0.874. The van der Waals surface area contributed by atoms with E-state index in [1.54, 1.807) is 23.8 Å². The molecule has 0 bridgehead atoms. The number of imidazole rings is 1. The molecule has 0 aliphatic carbocycles. The first-order valence-electron chi connectivity index (χ1n) is 10.4. The van der Waals surface area contributed by atoms with Crippen molar-refractivity contribution in [2.24, 2.45) is 5.73 Å². The molecule has 0 spiro atoms. The molecule has 0 radical (unpaired) electrons. The topological polar surface area (TPSA) is 176 Å². The van der Waals surface area contributed by atoms with Crippen molar-refractivity contribution < 1.29 is 19.4 Å². The SMILES string of the molecule is CCCCCOC(=O)N(c1nc2ncncc2n1N(C)C)[C@H](CCCNC(=N)N)C(=O)O. The summed E-state index contributed by atoms with van der Waals surface area (Å²) in [5, 5.41) is 21.5. The number of rotatable bonds is 12. The average Bonchev–Trinajstić information content (AvgIpc) is 3.12. The second kappa shape index (κ2) is 11.7. The summed E-state index contributed by atoms with van der Waals surface area (Å²) in [6.07, 6.45) is 5.01. The minimum absolute atomic E-state index is 0.0675. The number of unbranched alkanes of at least 4 members (excludes halogenated alkanes) is 2. The summed E-state index contributed by atoms with van der Waals surface area (Å²) in [6.45, 7) is 2.49. The van der Waals surface area contributed by atoms with Crippen LogP contribution in [0.5, 0.6) is 0 Å². The van der Waals surface area contributed by atoms with Crippen LogP contribution in [0, 0.1) is 5.41 Å². The third-order valence-corrected chi connectivity index (χ3v) is 4.65. The van der Waals surface area contributed by atoms with Crippen LogP contribution in [0.3, 0.4) is 0 Å². The number of carboxylic acid groups (broad SMARTS) is 1. The zero-order valence-corrected chi connectivity index (χ0v) is 18.6. The van der Waals surface area contributed by atoms with Crippen LogP contribution in [-0.2, 0) is 9.53 Å². The second-order valence-corrected chi connectivity index (χ2v) is 7.33. The summed E-state index contributed by atoms with van der Waals surface area (Å²) in [4.78, 5) is 38.9. The van der Waals surface area contributed by atoms with Gasteiger partial charge in [-0.3, -0.25) is 5.41 Å². The van der Waals surface area contributed by atoms with E-state index in [1.807, 2.05) is 6.92 Å². The lowest BCUT2D eigenvalue weighted by Gasteiger charge is -2.29. The summed E-state index contributed by atoms with van der Waals surface area (Å²) >= 11 is 0. The van der Waals surface area contributed by atoms with Crippen LogP contribution in [0.1, 0.15) is 39.0 Å². The molecule has 0 fully saturated rings. The Morgan fingerprint density at radius 3 is 2.72 bits per heavy atom. The summed E-state index contributed by atoms with van der Waals surface area (Å²) in [5.74, 6) is -1.35. The molecule has 0 aliphatic heterocycles. The number of hydrogen-bond donors (Lipinski definition) is 4. The van der Waals surface area contributed by atoms with Crippen LogP contribution in [0.15, 0.2) is 12.5 Å². The molecule has 2 aromatic heterocycles. The molecule has 32 heavy (non-hydrogen) atoms. The van der Waals surface area contributed by atoms with Crippen LogP contribution in [0.25, 0.3) is 11.2 Å². The first-order valence-corrected chi connectivity index (χ1v) is 10.4. The van der Waals surface area contributed by atoms with Gasteiger partial charge in [-0.15, -0.1) is 0 Å². The molecule has 13 heteroatoms. The van der Waals surface area contributed by atoms with Crippen molar-refractivity contribution in [1.29, 1.82) is 5.41 Å². The lowest BCUT2D eigenvalue weighted by atomic mass is 10.1. The maximum atomic E-state index is 13.1. The van der Waals surface area contributed by atoms with Gasteiger partial charge in [-0.25, -0.2) is 29.1 Å². The number of hydrogen-bond acceptors (Lipinski definition) is 8. The first kappa shape index (κ1) is 24.6. The van der Waals surface area contributed by atoms with Crippen LogP contribution in [0.2, 0.25) is 0 Å². The highest BCUT2D eigenvalue weighted by molar-refractivity contribution is 5.95. The van der Waals surface area contributed by atoms with Gasteiger partial charge in [-0.2, -0.15) is 4.98 Å². The number of guanidine groups is 1. The first-order chi connectivity index (χ1) is 15.3. The van der Waals surface area contributed by atoms with E-state index in [0.29, 0.717) is 24.0 Å². The Labute approximate surface area is 186 Å². The summed E-state index contributed by atoms with van der Waals surface area (Å²) in [6, 6.07) is -1.26. The van der Waals surface area contributed by atoms with Gasteiger partial charge in [0.25, 0.3) is 0 Å². The molecular formula is C19H31N9O4. The number of carbonyl (C=O) groups is 2. The van der Waals surface area contributed by atoms with Crippen molar-refractivity contribution in [1.82, 2.24) is 24.9 Å². The Hall–Kier alpha value is -3.64. The maximum Gasteiger partial charge on any atom is 0.417 e. The van der Waals surface area contributed by atoms with Gasteiger partial charge in [0.05, 0.1) is 12.8 Å². The Kier molecular flexibility index (Phi) is 8.98. The van der Waals surface area contributed by atoms with Crippen molar-refractivity contribution in [3.8, 4) is 0 Å². The monoisotopic (exact) mass is 449 g/mol. The molecule has 1 amide bonds. The third-order valence-electron chi connectivity index (χ3n) is 4.65. The van der Waals surface area contributed by atoms with E-state index in [4.69, 9.17) is 15.9 Å². The van der Waals surface area contributed by atoms with Gasteiger partial charge in [0.15, 0.2) is 11.6 Å². The predicted molar refractivity (Wildman–Crippen MR) is 119 cm³/mol. The standard InChI is InChI=1S/C19H31N9O4/c1-4-5-6-10-32-19(31)27(13(16(29)30)8-7-9-23-17(20)21)18-25-15-14(11-22-12-24-15)28(18)26(2)3/h11-13H,4-10H2,1-3H3,(H,29,30)(H4,20,21,23)/t13-/m1/s1. The Bertz CT molecular complexity index is 931. The van der Waals surface area contributed by atoms with E-state index in [-0.39, 0.29) is 31.5 Å². The smallest absolute Gasteiger partial charge is 0.417 e. The van der Waals surface area contributed by atoms with E-state index in [9.17, 15) is 14.7 Å². The lowest BCUT2D eigenvalue weighted by molar-refractivity contribution is -0.138. The maximum absolute atomic E-state index is 13.1. The normalized spacial score (nSPS) is 11.7. The van der Waals surface area contributed by atoms with Gasteiger partial charge < -0.3 is 25.9 Å². The van der Waals surface area contributed by atoms with E-state index >= 15 is 0 Å². The largest absolute Gasteiger partial charge is 0.480 e. The Morgan fingerprint density at radius 1 is 1.34 bits per heavy atom. The molecule has 2 rings (SSSR count). The lowest BCUT2D eigenvalue weighted by Crippen LogP contribution is -2.48. The number of nitrogens with zero attached hydrogens (tertiary/aromatic N) is 6. The average molecular weight is 450 g/mol. The number of amides is 1. The number of nitrogens with two attached hydrogens (primary N) is 1. The van der Waals surface area contributed by atoms with Gasteiger partial charge in [0.1, 0.15) is 17.9 Å². The number of carboxylic acids is 1. The van der Waals surface area contributed by atoms with E-state index in [2.05, 4.69) is 20.3 Å². The molecule has 13 nitrogen and oxygen atoms in total. The number of nitrogens with one attached hydrogen (secondary N) is 2. The number of carbonyl (C=O) groups excluding carboxylic acids is 1. The van der Waals surface area contributed by atoms with Crippen molar-refractivity contribution >= 4 is 35.1 Å². The highest BCUT2D eigenvalue weighted by atomic mass is 16.6. The van der Waals surface area contributed by atoms with Gasteiger partial charge >= 0.3 is 12.1 Å². The Balaban J connectivity index is 2.44. The molecular weight excluding hydrogens is 418 g/mol. The fourth-order valence-corrected chi connectivity index (χ4v) is 3.16. The molecule has 2 heterocycles. The van der Waals surface area contributed by atoms with E-state index in [1.165, 1.54) is 12.5 Å². The summed E-state index contributed by atoms with van der Waals surface area (Å²) in [5.41, 5.74) is 6.11. The van der Waals surface area contributed by atoms with Gasteiger partial charge in [-0.05, 0) is 19.3 Å². The van der Waals surface area contributed by atoms with Gasteiger partial charge in [0, 0.05) is 20.6 Å². The summed E-state index contributed by atoms with van der Waals surface area (Å²) in [7, 11) is 3.46. The molecule has 0 aliphatic rings. The highest BCUT2D eigenvalue weighted by Crippen LogP contribution is 2.25. The number of anilines is 1. The van der Waals surface area contributed by atoms with Crippen LogP contribution < -0.4 is 21.0 Å². The van der Waals surface area contributed by atoms with Crippen molar-refractivity contribution in [3.63, 3.8) is 0 Å². The third kappa shape index (κ3) is 6.18. The van der Waals surface area contributed by atoms with Gasteiger partial charge in [0.2, 0.25) is 5.95 Å². The molecule has 1 atom stereocenters. The zero-order valence-electron chi connectivity index (χ0n) is 18.6. The van der Waals surface area contributed by atoms with E-state index < -0.39 is 18.1 Å². The minimum atomic E-state index is -1.26. The fourth-order valence-electron chi connectivity index (χ4n) is 3.16. The van der Waals surface area contributed by atoms with Crippen LogP contribution in [-0.4, -0.2) is 76.0 Å². The quantitative estimate of drug-likeness (QED) is 0.207. The van der Waals surface area contributed by atoms with Crippen LogP contribution >= 0.6 is 0 Å². The highest BCUT2D eigenvalue weighted by Gasteiger charge is 2.36.